The lowest BCUT2D eigenvalue weighted by Crippen LogP contribution is -2.32. The summed E-state index contributed by atoms with van der Waals surface area (Å²) in [5.41, 5.74) is 8.58. The lowest BCUT2D eigenvalue weighted by molar-refractivity contribution is 0.0952. The Labute approximate surface area is 130 Å². The molecule has 1 aromatic carbocycles. The molecule has 5 nitrogen and oxygen atoms in total. The van der Waals surface area contributed by atoms with Gasteiger partial charge in [-0.2, -0.15) is 0 Å². The zero-order chi connectivity index (χ0) is 15.5. The second kappa shape index (κ2) is 6.23. The number of furan rings is 1. The number of nitrogens with two attached hydrogens (primary N) is 1. The van der Waals surface area contributed by atoms with E-state index in [2.05, 4.69) is 35.3 Å². The van der Waals surface area contributed by atoms with Crippen molar-refractivity contribution in [2.75, 3.05) is 18.0 Å². The average molecular weight is 299 g/mol. The molecule has 0 aliphatic carbocycles. The quantitative estimate of drug-likeness (QED) is 0.885. The van der Waals surface area contributed by atoms with Crippen molar-refractivity contribution in [2.45, 2.75) is 25.9 Å². The first-order valence-corrected chi connectivity index (χ1v) is 7.60. The Morgan fingerprint density at radius 2 is 2.23 bits per heavy atom. The number of nitrogens with one attached hydrogen (secondary N) is 1. The molecular weight excluding hydrogens is 278 g/mol. The van der Waals surface area contributed by atoms with Gasteiger partial charge in [-0.25, -0.2) is 0 Å². The van der Waals surface area contributed by atoms with Crippen LogP contribution in [-0.2, 0) is 13.0 Å². The maximum Gasteiger partial charge on any atom is 0.254 e. The van der Waals surface area contributed by atoms with Crippen LogP contribution in [0.25, 0.3) is 0 Å². The summed E-state index contributed by atoms with van der Waals surface area (Å²) in [7, 11) is 0. The van der Waals surface area contributed by atoms with Crippen molar-refractivity contribution in [1.29, 1.82) is 0 Å². The van der Waals surface area contributed by atoms with Crippen molar-refractivity contribution in [1.82, 2.24) is 5.32 Å². The van der Waals surface area contributed by atoms with E-state index in [1.165, 1.54) is 11.3 Å². The first kappa shape index (κ1) is 14.7. The zero-order valence-electron chi connectivity index (χ0n) is 12.7. The fourth-order valence-electron chi connectivity index (χ4n) is 2.97. The molecule has 1 atom stereocenters. The number of rotatable bonds is 5. The van der Waals surface area contributed by atoms with Gasteiger partial charge in [0.15, 0.2) is 0 Å². The van der Waals surface area contributed by atoms with Crippen molar-refractivity contribution < 1.29 is 9.21 Å². The number of amides is 1. The Balaban J connectivity index is 1.80. The van der Waals surface area contributed by atoms with Gasteiger partial charge in [-0.1, -0.05) is 18.2 Å². The highest BCUT2D eigenvalue weighted by Gasteiger charge is 2.27. The fourth-order valence-corrected chi connectivity index (χ4v) is 2.97. The molecule has 0 bridgehead atoms. The van der Waals surface area contributed by atoms with E-state index in [1.807, 2.05) is 6.07 Å². The molecule has 0 radical (unpaired) electrons. The molecule has 0 fully saturated rings. The van der Waals surface area contributed by atoms with E-state index in [9.17, 15) is 4.79 Å². The third-order valence-electron chi connectivity index (χ3n) is 4.08. The van der Waals surface area contributed by atoms with Crippen molar-refractivity contribution in [3.8, 4) is 0 Å². The molecule has 5 heteroatoms. The Morgan fingerprint density at radius 3 is 3.05 bits per heavy atom. The summed E-state index contributed by atoms with van der Waals surface area (Å²) >= 11 is 0. The fraction of sp³-hybridized carbons (Fsp3) is 0.353. The largest absolute Gasteiger partial charge is 0.467 e. The molecule has 2 aromatic rings. The highest BCUT2D eigenvalue weighted by molar-refractivity contribution is 5.95. The zero-order valence-corrected chi connectivity index (χ0v) is 12.7. The Kier molecular flexibility index (Phi) is 4.15. The molecule has 0 saturated heterocycles. The van der Waals surface area contributed by atoms with Crippen molar-refractivity contribution in [3.63, 3.8) is 0 Å². The Hall–Kier alpha value is -2.27. The highest BCUT2D eigenvalue weighted by Crippen LogP contribution is 2.33. The van der Waals surface area contributed by atoms with Crippen LogP contribution in [0.15, 0.2) is 41.0 Å². The van der Waals surface area contributed by atoms with Gasteiger partial charge in [-0.15, -0.1) is 0 Å². The molecule has 0 unspecified atom stereocenters. The Morgan fingerprint density at radius 1 is 1.41 bits per heavy atom. The molecule has 0 saturated carbocycles. The summed E-state index contributed by atoms with van der Waals surface area (Å²) in [4.78, 5) is 14.4. The van der Waals surface area contributed by atoms with E-state index in [0.717, 1.165) is 6.42 Å². The summed E-state index contributed by atoms with van der Waals surface area (Å²) in [5.74, 6) is 0.562. The van der Waals surface area contributed by atoms with Crippen LogP contribution in [0.1, 0.15) is 28.6 Å². The molecule has 3 rings (SSSR count). The summed E-state index contributed by atoms with van der Waals surface area (Å²) in [6.45, 7) is 3.68. The lowest BCUT2D eigenvalue weighted by atomic mass is 10.1. The smallest absolute Gasteiger partial charge is 0.254 e. The van der Waals surface area contributed by atoms with Crippen molar-refractivity contribution >= 4 is 11.6 Å². The predicted octanol–water partition coefficient (Wildman–Crippen LogP) is 1.92. The third-order valence-corrected chi connectivity index (χ3v) is 4.08. The Bertz CT molecular complexity index is 665. The summed E-state index contributed by atoms with van der Waals surface area (Å²) in [5, 5.41) is 2.79. The maximum atomic E-state index is 12.1. The topological polar surface area (TPSA) is 71.5 Å². The average Bonchev–Trinajstić information content (AvgIpc) is 3.10. The van der Waals surface area contributed by atoms with Gasteiger partial charge in [0.25, 0.3) is 5.91 Å². The number of fused-ring (bicyclic) bond motifs is 1. The third kappa shape index (κ3) is 2.72. The molecule has 0 spiro atoms. The molecule has 22 heavy (non-hydrogen) atoms. The van der Waals surface area contributed by atoms with E-state index in [0.29, 0.717) is 37.0 Å². The number of hydrogen-bond donors (Lipinski definition) is 2. The van der Waals surface area contributed by atoms with Gasteiger partial charge in [0.05, 0.1) is 18.4 Å². The molecule has 1 aliphatic rings. The number of para-hydroxylation sites is 1. The minimum atomic E-state index is -0.130. The van der Waals surface area contributed by atoms with Crippen molar-refractivity contribution in [3.05, 3.63) is 53.5 Å². The number of nitrogens with zero attached hydrogens (tertiary/aromatic N) is 1. The van der Waals surface area contributed by atoms with Crippen molar-refractivity contribution in [2.24, 2.45) is 5.73 Å². The highest BCUT2D eigenvalue weighted by atomic mass is 16.3. The second-order valence-corrected chi connectivity index (χ2v) is 5.61. The van der Waals surface area contributed by atoms with Crippen LogP contribution in [0.4, 0.5) is 5.69 Å². The van der Waals surface area contributed by atoms with Crippen LogP contribution in [0.2, 0.25) is 0 Å². The van der Waals surface area contributed by atoms with E-state index >= 15 is 0 Å². The normalized spacial score (nSPS) is 16.6. The minimum absolute atomic E-state index is 0.130. The number of carbonyl (C=O) groups excluding carboxylic acids is 1. The summed E-state index contributed by atoms with van der Waals surface area (Å²) in [6, 6.07) is 10.5. The van der Waals surface area contributed by atoms with E-state index < -0.39 is 0 Å². The summed E-state index contributed by atoms with van der Waals surface area (Å²) in [6.07, 6.45) is 2.59. The van der Waals surface area contributed by atoms with Gasteiger partial charge in [-0.05, 0) is 31.0 Å². The van der Waals surface area contributed by atoms with E-state index in [4.69, 9.17) is 10.2 Å². The van der Waals surface area contributed by atoms with Gasteiger partial charge in [0.2, 0.25) is 0 Å². The van der Waals surface area contributed by atoms with Crippen LogP contribution in [0, 0.1) is 0 Å². The van der Waals surface area contributed by atoms with E-state index in [1.54, 1.807) is 12.3 Å². The monoisotopic (exact) mass is 299 g/mol. The summed E-state index contributed by atoms with van der Waals surface area (Å²) < 4.78 is 5.56. The molecule has 1 aliphatic heterocycles. The molecule has 2 heterocycles. The van der Waals surface area contributed by atoms with Gasteiger partial charge in [-0.3, -0.25) is 4.79 Å². The first-order chi connectivity index (χ1) is 10.7. The van der Waals surface area contributed by atoms with Crippen LogP contribution < -0.4 is 16.0 Å². The van der Waals surface area contributed by atoms with Gasteiger partial charge < -0.3 is 20.4 Å². The number of anilines is 1. The van der Waals surface area contributed by atoms with Crippen LogP contribution in [0.5, 0.6) is 0 Å². The van der Waals surface area contributed by atoms with Gasteiger partial charge in [0, 0.05) is 24.8 Å². The first-order valence-electron chi connectivity index (χ1n) is 7.60. The molecule has 1 amide bonds. The maximum absolute atomic E-state index is 12.1. The standard InChI is InChI=1S/C17H21N3O2/c1-12-10-13-4-2-3-5-15(13)20(12)11-16-14(6-9-22-16)17(21)19-8-7-18/h2-6,9,12H,7-8,10-11,18H2,1H3,(H,19,21)/t12-/m0/s1. The lowest BCUT2D eigenvalue weighted by Gasteiger charge is -2.24. The number of carbonyl (C=O) groups is 1. The van der Waals surface area contributed by atoms with Gasteiger partial charge >= 0.3 is 0 Å². The molecular formula is C17H21N3O2. The molecule has 3 N–H and O–H groups in total. The second-order valence-electron chi connectivity index (χ2n) is 5.61. The number of hydrogen-bond acceptors (Lipinski definition) is 4. The minimum Gasteiger partial charge on any atom is -0.467 e. The molecule has 1 aromatic heterocycles. The van der Waals surface area contributed by atoms with Crippen LogP contribution in [0.3, 0.4) is 0 Å². The van der Waals surface area contributed by atoms with Crippen LogP contribution in [-0.4, -0.2) is 25.0 Å². The van der Waals surface area contributed by atoms with E-state index in [-0.39, 0.29) is 5.91 Å². The predicted molar refractivity (Wildman–Crippen MR) is 85.9 cm³/mol. The van der Waals surface area contributed by atoms with Gasteiger partial charge in [0.1, 0.15) is 5.76 Å². The van der Waals surface area contributed by atoms with Crippen LogP contribution >= 0.6 is 0 Å². The number of benzene rings is 1. The SMILES string of the molecule is C[C@H]1Cc2ccccc2N1Cc1occc1C(=O)NCCN. The molecule has 116 valence electrons.